The fraction of sp³-hybridized carbons (Fsp3) is 0.174. The Balaban J connectivity index is 1.60. The molecule has 2 heterocycles. The Bertz CT molecular complexity index is 1100. The fourth-order valence-electron chi connectivity index (χ4n) is 3.54. The highest BCUT2D eigenvalue weighted by Gasteiger charge is 2.44. The Kier molecular flexibility index (Phi) is 5.86. The zero-order valence-corrected chi connectivity index (χ0v) is 17.1. The minimum atomic E-state index is -0.984. The molecule has 4 rings (SSSR count). The second-order valence-electron chi connectivity index (χ2n) is 7.17. The molecule has 1 aliphatic heterocycles. The van der Waals surface area contributed by atoms with E-state index in [9.17, 15) is 18.8 Å². The van der Waals surface area contributed by atoms with Crippen molar-refractivity contribution in [2.24, 2.45) is 0 Å². The summed E-state index contributed by atoms with van der Waals surface area (Å²) >= 11 is 5.91. The van der Waals surface area contributed by atoms with Gasteiger partial charge in [-0.15, -0.1) is 0 Å². The molecule has 6 nitrogen and oxygen atoms in total. The molecular formula is C23H18ClFN2O4. The van der Waals surface area contributed by atoms with Crippen molar-refractivity contribution in [2.75, 3.05) is 4.90 Å². The molecule has 1 aliphatic rings. The molecule has 0 radical (unpaired) electrons. The summed E-state index contributed by atoms with van der Waals surface area (Å²) in [6, 6.07) is 14.3. The summed E-state index contributed by atoms with van der Waals surface area (Å²) in [7, 11) is 0. The van der Waals surface area contributed by atoms with Crippen LogP contribution in [0.25, 0.3) is 0 Å². The van der Waals surface area contributed by atoms with Crippen molar-refractivity contribution in [3.63, 3.8) is 0 Å². The van der Waals surface area contributed by atoms with Gasteiger partial charge in [0.15, 0.2) is 0 Å². The fourth-order valence-corrected chi connectivity index (χ4v) is 3.67. The number of benzene rings is 2. The molecule has 158 valence electrons. The predicted octanol–water partition coefficient (Wildman–Crippen LogP) is 3.98. The molecule has 0 spiro atoms. The van der Waals surface area contributed by atoms with Crippen LogP contribution in [0.1, 0.15) is 17.7 Å². The van der Waals surface area contributed by atoms with Crippen molar-refractivity contribution < 1.29 is 23.2 Å². The van der Waals surface area contributed by atoms with E-state index in [0.29, 0.717) is 10.8 Å². The number of rotatable bonds is 6. The number of hydrogen-bond acceptors (Lipinski definition) is 4. The van der Waals surface area contributed by atoms with Gasteiger partial charge < -0.3 is 9.32 Å². The quantitative estimate of drug-likeness (QED) is 0.544. The second kappa shape index (κ2) is 8.73. The smallest absolute Gasteiger partial charge is 0.257 e. The van der Waals surface area contributed by atoms with Gasteiger partial charge in [-0.05, 0) is 54.1 Å². The first-order valence-corrected chi connectivity index (χ1v) is 9.99. The molecule has 31 heavy (non-hydrogen) atoms. The number of halogens is 2. The molecule has 3 amide bonds. The van der Waals surface area contributed by atoms with Crippen molar-refractivity contribution >= 4 is 35.0 Å². The first-order valence-electron chi connectivity index (χ1n) is 9.61. The van der Waals surface area contributed by atoms with Gasteiger partial charge in [-0.25, -0.2) is 9.29 Å². The van der Waals surface area contributed by atoms with Crippen LogP contribution in [0, 0.1) is 5.82 Å². The minimum absolute atomic E-state index is 0.0341. The molecule has 1 fully saturated rings. The van der Waals surface area contributed by atoms with E-state index in [4.69, 9.17) is 16.0 Å². The SMILES string of the molecule is O=C1CC(N(Cc2ccco2)C(=O)Cc2ccc(Cl)cc2)C(=O)N1c1ccc(F)cc1. The van der Waals surface area contributed by atoms with Crippen LogP contribution in [-0.2, 0) is 27.3 Å². The predicted molar refractivity (Wildman–Crippen MR) is 112 cm³/mol. The Labute approximate surface area is 182 Å². The number of carbonyl (C=O) groups is 3. The topological polar surface area (TPSA) is 70.8 Å². The molecule has 8 heteroatoms. The summed E-state index contributed by atoms with van der Waals surface area (Å²) in [6.45, 7) is 0.0420. The van der Waals surface area contributed by atoms with Crippen LogP contribution >= 0.6 is 11.6 Å². The van der Waals surface area contributed by atoms with Gasteiger partial charge >= 0.3 is 0 Å². The third-order valence-electron chi connectivity index (χ3n) is 5.08. The maximum atomic E-state index is 13.3. The zero-order chi connectivity index (χ0) is 22.0. The maximum absolute atomic E-state index is 13.3. The third-order valence-corrected chi connectivity index (χ3v) is 5.33. The van der Waals surface area contributed by atoms with Gasteiger partial charge in [0.2, 0.25) is 11.8 Å². The summed E-state index contributed by atoms with van der Waals surface area (Å²) in [5.41, 5.74) is 0.994. The average Bonchev–Trinajstić information content (AvgIpc) is 3.36. The highest BCUT2D eigenvalue weighted by Crippen LogP contribution is 2.27. The summed E-state index contributed by atoms with van der Waals surface area (Å²) in [6.07, 6.45) is 1.35. The van der Waals surface area contributed by atoms with Gasteiger partial charge in [0.05, 0.1) is 31.3 Å². The molecule has 1 aromatic heterocycles. The molecule has 0 saturated carbocycles. The van der Waals surface area contributed by atoms with Gasteiger partial charge in [0.25, 0.3) is 5.91 Å². The van der Waals surface area contributed by atoms with Gasteiger partial charge in [-0.1, -0.05) is 23.7 Å². The summed E-state index contributed by atoms with van der Waals surface area (Å²) in [5, 5.41) is 0.551. The Morgan fingerprint density at radius 2 is 1.81 bits per heavy atom. The normalized spacial score (nSPS) is 16.1. The first-order chi connectivity index (χ1) is 14.9. The number of nitrogens with zero attached hydrogens (tertiary/aromatic N) is 2. The van der Waals surface area contributed by atoms with E-state index in [-0.39, 0.29) is 31.0 Å². The number of carbonyl (C=O) groups excluding carboxylic acids is 3. The van der Waals surface area contributed by atoms with Crippen molar-refractivity contribution in [1.82, 2.24) is 4.90 Å². The Hall–Kier alpha value is -3.45. The van der Waals surface area contributed by atoms with E-state index in [1.165, 1.54) is 35.4 Å². The maximum Gasteiger partial charge on any atom is 0.257 e. The molecule has 0 bridgehead atoms. The van der Waals surface area contributed by atoms with Crippen molar-refractivity contribution in [2.45, 2.75) is 25.4 Å². The van der Waals surface area contributed by atoms with E-state index in [1.54, 1.807) is 36.4 Å². The number of furan rings is 1. The van der Waals surface area contributed by atoms with Crippen LogP contribution in [0.15, 0.2) is 71.3 Å². The zero-order valence-electron chi connectivity index (χ0n) is 16.3. The molecule has 0 N–H and O–H groups in total. The highest BCUT2D eigenvalue weighted by atomic mass is 35.5. The largest absolute Gasteiger partial charge is 0.467 e. The lowest BCUT2D eigenvalue weighted by atomic mass is 10.1. The molecule has 3 aromatic rings. The summed E-state index contributed by atoms with van der Waals surface area (Å²) < 4.78 is 18.6. The number of imide groups is 1. The van der Waals surface area contributed by atoms with Gasteiger partial charge in [-0.3, -0.25) is 14.4 Å². The summed E-state index contributed by atoms with van der Waals surface area (Å²) in [5.74, 6) is -1.30. The van der Waals surface area contributed by atoms with E-state index < -0.39 is 23.7 Å². The third kappa shape index (κ3) is 4.51. The van der Waals surface area contributed by atoms with E-state index in [0.717, 1.165) is 10.5 Å². The second-order valence-corrected chi connectivity index (χ2v) is 7.60. The average molecular weight is 441 g/mol. The van der Waals surface area contributed by atoms with Crippen LogP contribution in [0.4, 0.5) is 10.1 Å². The molecular weight excluding hydrogens is 423 g/mol. The number of amides is 3. The van der Waals surface area contributed by atoms with Gasteiger partial charge in [-0.2, -0.15) is 0 Å². The van der Waals surface area contributed by atoms with Gasteiger partial charge in [0.1, 0.15) is 17.6 Å². The van der Waals surface area contributed by atoms with Crippen molar-refractivity contribution in [3.8, 4) is 0 Å². The van der Waals surface area contributed by atoms with Crippen molar-refractivity contribution in [1.29, 1.82) is 0 Å². The highest BCUT2D eigenvalue weighted by molar-refractivity contribution is 6.30. The minimum Gasteiger partial charge on any atom is -0.467 e. The first kappa shape index (κ1) is 20.8. The Morgan fingerprint density at radius 3 is 2.45 bits per heavy atom. The standard InChI is InChI=1S/C23H18ClFN2O4/c24-16-5-3-15(4-6-16)12-21(28)26(14-19-2-1-11-31-19)20-13-22(29)27(23(20)30)18-9-7-17(25)8-10-18/h1-11,20H,12-14H2. The van der Waals surface area contributed by atoms with E-state index in [1.807, 2.05) is 0 Å². The van der Waals surface area contributed by atoms with E-state index in [2.05, 4.69) is 0 Å². The lowest BCUT2D eigenvalue weighted by Gasteiger charge is -2.27. The molecule has 1 atom stereocenters. The number of anilines is 1. The summed E-state index contributed by atoms with van der Waals surface area (Å²) in [4.78, 5) is 41.3. The molecule has 1 saturated heterocycles. The number of hydrogen-bond donors (Lipinski definition) is 0. The van der Waals surface area contributed by atoms with Crippen LogP contribution in [-0.4, -0.2) is 28.7 Å². The lowest BCUT2D eigenvalue weighted by Crippen LogP contribution is -2.45. The van der Waals surface area contributed by atoms with Crippen LogP contribution in [0.5, 0.6) is 0 Å². The molecule has 1 unspecified atom stereocenters. The monoisotopic (exact) mass is 440 g/mol. The van der Waals surface area contributed by atoms with Crippen LogP contribution in [0.3, 0.4) is 0 Å². The molecule has 2 aromatic carbocycles. The lowest BCUT2D eigenvalue weighted by molar-refractivity contribution is -0.138. The van der Waals surface area contributed by atoms with Crippen molar-refractivity contribution in [3.05, 3.63) is 89.1 Å². The van der Waals surface area contributed by atoms with E-state index >= 15 is 0 Å². The van der Waals surface area contributed by atoms with Gasteiger partial charge in [0, 0.05) is 5.02 Å². The Morgan fingerprint density at radius 1 is 1.10 bits per heavy atom. The molecule has 0 aliphatic carbocycles. The van der Waals surface area contributed by atoms with Crippen LogP contribution in [0.2, 0.25) is 5.02 Å². The van der Waals surface area contributed by atoms with Crippen LogP contribution < -0.4 is 4.90 Å².